The normalized spacial score (nSPS) is 35.6. The third-order valence-corrected chi connectivity index (χ3v) is 2.97. The van der Waals surface area contributed by atoms with Crippen LogP contribution in [0.1, 0.15) is 20.3 Å². The number of ether oxygens (including phenoxy) is 3. The summed E-state index contributed by atoms with van der Waals surface area (Å²) in [5, 5.41) is 38.0. The Labute approximate surface area is 116 Å². The lowest BCUT2D eigenvalue weighted by Gasteiger charge is -2.40. The lowest BCUT2D eigenvalue weighted by molar-refractivity contribution is -0.310. The molecular formula is C12H22O8. The van der Waals surface area contributed by atoms with E-state index in [-0.39, 0.29) is 13.0 Å². The van der Waals surface area contributed by atoms with Gasteiger partial charge in [0.15, 0.2) is 6.29 Å². The van der Waals surface area contributed by atoms with Crippen LogP contribution in [0.15, 0.2) is 0 Å². The quantitative estimate of drug-likeness (QED) is 0.420. The van der Waals surface area contributed by atoms with E-state index >= 15 is 0 Å². The Morgan fingerprint density at radius 1 is 1.25 bits per heavy atom. The van der Waals surface area contributed by atoms with Gasteiger partial charge in [0.25, 0.3) is 0 Å². The molecule has 0 aliphatic carbocycles. The van der Waals surface area contributed by atoms with E-state index in [1.807, 2.05) is 0 Å². The molecule has 0 aromatic rings. The number of aliphatic hydroxyl groups excluding tert-OH is 4. The molecule has 1 heterocycles. The van der Waals surface area contributed by atoms with Crippen molar-refractivity contribution in [2.75, 3.05) is 13.2 Å². The van der Waals surface area contributed by atoms with Crippen molar-refractivity contribution in [3.63, 3.8) is 0 Å². The van der Waals surface area contributed by atoms with Crippen LogP contribution in [0.5, 0.6) is 0 Å². The van der Waals surface area contributed by atoms with Gasteiger partial charge in [-0.05, 0) is 13.8 Å². The minimum absolute atomic E-state index is 0.0388. The largest absolute Gasteiger partial charge is 0.466 e. The van der Waals surface area contributed by atoms with Crippen molar-refractivity contribution in [1.29, 1.82) is 0 Å². The number of carbonyl (C=O) groups excluding carboxylic acids is 1. The van der Waals surface area contributed by atoms with Crippen LogP contribution in [0.4, 0.5) is 0 Å². The molecule has 8 heteroatoms. The standard InChI is InChI=1S/C12H22O8/c1-3-18-8(14)4-6(2)19-12-11(17)10(16)9(15)7(5-13)20-12/h6-7,9-13,15-17H,3-5H2,1-2H3/t6-,7+,9+,10-,11+,12+/m0/s1. The topological polar surface area (TPSA) is 126 Å². The number of esters is 1. The van der Waals surface area contributed by atoms with Crippen molar-refractivity contribution in [2.24, 2.45) is 0 Å². The summed E-state index contributed by atoms with van der Waals surface area (Å²) in [4.78, 5) is 11.3. The molecule has 0 spiro atoms. The molecule has 0 radical (unpaired) electrons. The summed E-state index contributed by atoms with van der Waals surface area (Å²) in [6, 6.07) is 0. The molecule has 0 amide bonds. The van der Waals surface area contributed by atoms with Crippen molar-refractivity contribution < 1.29 is 39.4 Å². The first kappa shape index (κ1) is 17.3. The molecule has 1 fully saturated rings. The van der Waals surface area contributed by atoms with Gasteiger partial charge in [-0.3, -0.25) is 4.79 Å². The molecule has 0 aromatic heterocycles. The SMILES string of the molecule is CCOC(=O)C[C@H](C)O[C@@H]1O[C@H](CO)[C@@H](O)[C@H](O)[C@H]1O. The molecule has 6 atom stereocenters. The second kappa shape index (κ2) is 7.87. The van der Waals surface area contributed by atoms with Crippen molar-refractivity contribution in [2.45, 2.75) is 57.1 Å². The monoisotopic (exact) mass is 294 g/mol. The zero-order valence-corrected chi connectivity index (χ0v) is 11.5. The second-order valence-electron chi connectivity index (χ2n) is 4.65. The lowest BCUT2D eigenvalue weighted by atomic mass is 9.99. The fourth-order valence-electron chi connectivity index (χ4n) is 1.91. The number of rotatable bonds is 6. The molecule has 0 unspecified atom stereocenters. The smallest absolute Gasteiger partial charge is 0.308 e. The van der Waals surface area contributed by atoms with Crippen LogP contribution in [0, 0.1) is 0 Å². The average Bonchev–Trinajstić information content (AvgIpc) is 2.39. The molecule has 20 heavy (non-hydrogen) atoms. The summed E-state index contributed by atoms with van der Waals surface area (Å²) in [6.45, 7) is 2.99. The van der Waals surface area contributed by atoms with Crippen LogP contribution in [0.2, 0.25) is 0 Å². The average molecular weight is 294 g/mol. The maximum atomic E-state index is 11.3. The molecule has 0 bridgehead atoms. The first-order chi connectivity index (χ1) is 9.40. The van der Waals surface area contributed by atoms with Gasteiger partial charge < -0.3 is 34.6 Å². The number of hydrogen-bond donors (Lipinski definition) is 4. The third-order valence-electron chi connectivity index (χ3n) is 2.97. The van der Waals surface area contributed by atoms with Crippen molar-refractivity contribution in [1.82, 2.24) is 0 Å². The molecule has 1 aliphatic rings. The fourth-order valence-corrected chi connectivity index (χ4v) is 1.91. The Morgan fingerprint density at radius 2 is 1.90 bits per heavy atom. The van der Waals surface area contributed by atoms with E-state index in [0.717, 1.165) is 0 Å². The van der Waals surface area contributed by atoms with Crippen LogP contribution >= 0.6 is 0 Å². The summed E-state index contributed by atoms with van der Waals surface area (Å²) in [5.74, 6) is -0.454. The Morgan fingerprint density at radius 3 is 2.45 bits per heavy atom. The summed E-state index contributed by atoms with van der Waals surface area (Å²) in [5.41, 5.74) is 0. The van der Waals surface area contributed by atoms with Crippen LogP contribution < -0.4 is 0 Å². The van der Waals surface area contributed by atoms with E-state index in [1.165, 1.54) is 0 Å². The van der Waals surface area contributed by atoms with Gasteiger partial charge in [0.1, 0.15) is 24.4 Å². The molecule has 118 valence electrons. The minimum atomic E-state index is -1.50. The highest BCUT2D eigenvalue weighted by Gasteiger charge is 2.44. The Bertz CT molecular complexity index is 308. The molecule has 0 aromatic carbocycles. The van der Waals surface area contributed by atoms with Gasteiger partial charge in [0, 0.05) is 0 Å². The van der Waals surface area contributed by atoms with E-state index in [4.69, 9.17) is 19.3 Å². The van der Waals surface area contributed by atoms with Crippen LogP contribution in [0.25, 0.3) is 0 Å². The maximum absolute atomic E-state index is 11.3. The molecule has 1 aliphatic heterocycles. The summed E-state index contributed by atoms with van der Waals surface area (Å²) >= 11 is 0. The van der Waals surface area contributed by atoms with Gasteiger partial charge in [-0.15, -0.1) is 0 Å². The summed E-state index contributed by atoms with van der Waals surface area (Å²) < 4.78 is 15.2. The number of carbonyl (C=O) groups is 1. The second-order valence-corrected chi connectivity index (χ2v) is 4.65. The molecule has 0 saturated carbocycles. The van der Waals surface area contributed by atoms with Gasteiger partial charge in [-0.1, -0.05) is 0 Å². The Kier molecular flexibility index (Phi) is 6.80. The maximum Gasteiger partial charge on any atom is 0.308 e. The molecule has 8 nitrogen and oxygen atoms in total. The molecule has 1 rings (SSSR count). The zero-order chi connectivity index (χ0) is 15.3. The highest BCUT2D eigenvalue weighted by atomic mass is 16.7. The Hall–Kier alpha value is -0.770. The van der Waals surface area contributed by atoms with Crippen LogP contribution in [-0.4, -0.2) is 76.4 Å². The van der Waals surface area contributed by atoms with E-state index in [1.54, 1.807) is 13.8 Å². The van der Waals surface area contributed by atoms with Gasteiger partial charge in [-0.2, -0.15) is 0 Å². The lowest BCUT2D eigenvalue weighted by Crippen LogP contribution is -2.59. The first-order valence-electron chi connectivity index (χ1n) is 6.52. The first-order valence-corrected chi connectivity index (χ1v) is 6.52. The minimum Gasteiger partial charge on any atom is -0.466 e. The van der Waals surface area contributed by atoms with E-state index < -0.39 is 49.4 Å². The zero-order valence-electron chi connectivity index (χ0n) is 11.5. The van der Waals surface area contributed by atoms with Crippen molar-refractivity contribution in [3.05, 3.63) is 0 Å². The number of aliphatic hydroxyl groups is 4. The van der Waals surface area contributed by atoms with Crippen LogP contribution in [-0.2, 0) is 19.0 Å². The van der Waals surface area contributed by atoms with Crippen LogP contribution in [0.3, 0.4) is 0 Å². The third kappa shape index (κ3) is 4.37. The van der Waals surface area contributed by atoms with E-state index in [2.05, 4.69) is 0 Å². The van der Waals surface area contributed by atoms with Crippen molar-refractivity contribution >= 4 is 5.97 Å². The highest BCUT2D eigenvalue weighted by molar-refractivity contribution is 5.69. The van der Waals surface area contributed by atoms with E-state index in [0.29, 0.717) is 0 Å². The van der Waals surface area contributed by atoms with Gasteiger partial charge in [0.05, 0.1) is 25.7 Å². The van der Waals surface area contributed by atoms with Crippen molar-refractivity contribution in [3.8, 4) is 0 Å². The predicted octanol–water partition coefficient (Wildman–Crippen LogP) is -1.86. The van der Waals surface area contributed by atoms with E-state index in [9.17, 15) is 20.1 Å². The molecule has 1 saturated heterocycles. The summed E-state index contributed by atoms with van der Waals surface area (Å²) in [7, 11) is 0. The molecule has 4 N–H and O–H groups in total. The fraction of sp³-hybridized carbons (Fsp3) is 0.917. The Balaban J connectivity index is 2.55. The number of hydrogen-bond acceptors (Lipinski definition) is 8. The molecular weight excluding hydrogens is 272 g/mol. The van der Waals surface area contributed by atoms with Gasteiger partial charge in [-0.25, -0.2) is 0 Å². The predicted molar refractivity (Wildman–Crippen MR) is 65.6 cm³/mol. The van der Waals surface area contributed by atoms with Gasteiger partial charge >= 0.3 is 5.97 Å². The van der Waals surface area contributed by atoms with Gasteiger partial charge in [0.2, 0.25) is 0 Å². The highest BCUT2D eigenvalue weighted by Crippen LogP contribution is 2.23. The summed E-state index contributed by atoms with van der Waals surface area (Å²) in [6.07, 6.45) is -7.34.